The number of esters is 1. The molecule has 0 saturated heterocycles. The molecule has 0 N–H and O–H groups in total. The van der Waals surface area contributed by atoms with E-state index in [0.717, 1.165) is 19.1 Å². The Labute approximate surface area is 66.0 Å². The molecule has 0 aliphatic rings. The van der Waals surface area contributed by atoms with Crippen molar-refractivity contribution in [3.63, 3.8) is 0 Å². The zero-order valence-electron chi connectivity index (χ0n) is 6.58. The number of carbonyl (C=O) groups is 2. The zero-order chi connectivity index (χ0) is 8.53. The second kappa shape index (κ2) is 6.99. The van der Waals surface area contributed by atoms with E-state index in [1.165, 1.54) is 13.2 Å². The van der Waals surface area contributed by atoms with E-state index in [4.69, 9.17) is 0 Å². The van der Waals surface area contributed by atoms with Crippen LogP contribution in [0.2, 0.25) is 0 Å². The summed E-state index contributed by atoms with van der Waals surface area (Å²) < 4.78 is 4.42. The van der Waals surface area contributed by atoms with Crippen LogP contribution in [0.4, 0.5) is 0 Å². The Balaban J connectivity index is 3.20. The van der Waals surface area contributed by atoms with Crippen molar-refractivity contribution < 1.29 is 14.3 Å². The molecule has 0 aliphatic carbocycles. The summed E-state index contributed by atoms with van der Waals surface area (Å²) in [6.45, 7) is 0. The fourth-order valence-corrected chi connectivity index (χ4v) is 0.618. The SMILES string of the molecule is COC(=O)CCC/C=C/C=O. The standard InChI is InChI=1S/C8H12O3/c1-11-8(10)6-4-2-3-5-7-9/h3,5,7H,2,4,6H2,1H3/b5-3+. The van der Waals surface area contributed by atoms with Crippen molar-refractivity contribution in [1.29, 1.82) is 0 Å². The van der Waals surface area contributed by atoms with Crippen LogP contribution in [0.1, 0.15) is 19.3 Å². The van der Waals surface area contributed by atoms with E-state index in [9.17, 15) is 9.59 Å². The molecule has 0 bridgehead atoms. The van der Waals surface area contributed by atoms with Gasteiger partial charge in [-0.1, -0.05) is 6.08 Å². The van der Waals surface area contributed by atoms with E-state index in [0.29, 0.717) is 6.42 Å². The van der Waals surface area contributed by atoms with Gasteiger partial charge in [0.05, 0.1) is 7.11 Å². The number of methoxy groups -OCH3 is 1. The van der Waals surface area contributed by atoms with Crippen molar-refractivity contribution in [2.24, 2.45) is 0 Å². The van der Waals surface area contributed by atoms with Crippen LogP contribution in [-0.4, -0.2) is 19.4 Å². The first-order valence-corrected chi connectivity index (χ1v) is 3.48. The Kier molecular flexibility index (Phi) is 6.28. The normalized spacial score (nSPS) is 9.91. The molecular weight excluding hydrogens is 144 g/mol. The van der Waals surface area contributed by atoms with Gasteiger partial charge < -0.3 is 4.74 Å². The fourth-order valence-electron chi connectivity index (χ4n) is 0.618. The van der Waals surface area contributed by atoms with Gasteiger partial charge in [0.1, 0.15) is 6.29 Å². The molecule has 0 rings (SSSR count). The van der Waals surface area contributed by atoms with Crippen molar-refractivity contribution >= 4 is 12.3 Å². The van der Waals surface area contributed by atoms with Crippen LogP contribution in [0.15, 0.2) is 12.2 Å². The highest BCUT2D eigenvalue weighted by atomic mass is 16.5. The van der Waals surface area contributed by atoms with Gasteiger partial charge in [0, 0.05) is 6.42 Å². The largest absolute Gasteiger partial charge is 0.469 e. The predicted octanol–water partition coefficient (Wildman–Crippen LogP) is 1.08. The number of allylic oxidation sites excluding steroid dienone is 2. The number of ether oxygens (including phenoxy) is 1. The van der Waals surface area contributed by atoms with Gasteiger partial charge in [0.25, 0.3) is 0 Å². The van der Waals surface area contributed by atoms with Gasteiger partial charge in [-0.05, 0) is 18.9 Å². The van der Waals surface area contributed by atoms with E-state index >= 15 is 0 Å². The minimum absolute atomic E-state index is 0.204. The monoisotopic (exact) mass is 156 g/mol. The Morgan fingerprint density at radius 1 is 1.55 bits per heavy atom. The van der Waals surface area contributed by atoms with Crippen molar-refractivity contribution in [3.05, 3.63) is 12.2 Å². The maximum Gasteiger partial charge on any atom is 0.305 e. The minimum atomic E-state index is -0.204. The fraction of sp³-hybridized carbons (Fsp3) is 0.500. The number of aldehydes is 1. The van der Waals surface area contributed by atoms with Gasteiger partial charge >= 0.3 is 5.97 Å². The van der Waals surface area contributed by atoms with Crippen molar-refractivity contribution in [2.75, 3.05) is 7.11 Å². The molecule has 0 aromatic rings. The first-order chi connectivity index (χ1) is 5.31. The van der Waals surface area contributed by atoms with Crippen LogP contribution >= 0.6 is 0 Å². The lowest BCUT2D eigenvalue weighted by molar-refractivity contribution is -0.140. The van der Waals surface area contributed by atoms with E-state index in [-0.39, 0.29) is 5.97 Å². The summed E-state index contributed by atoms with van der Waals surface area (Å²) >= 11 is 0. The molecular formula is C8H12O3. The molecule has 0 spiro atoms. The predicted molar refractivity (Wildman–Crippen MR) is 41.1 cm³/mol. The molecule has 0 atom stereocenters. The average Bonchev–Trinajstić information content (AvgIpc) is 2.04. The first-order valence-electron chi connectivity index (χ1n) is 3.48. The highest BCUT2D eigenvalue weighted by Crippen LogP contribution is 1.97. The van der Waals surface area contributed by atoms with Crippen LogP contribution in [0.5, 0.6) is 0 Å². The van der Waals surface area contributed by atoms with Gasteiger partial charge in [-0.15, -0.1) is 0 Å². The Morgan fingerprint density at radius 3 is 2.82 bits per heavy atom. The summed E-state index contributed by atoms with van der Waals surface area (Å²) in [6.07, 6.45) is 5.77. The van der Waals surface area contributed by atoms with Gasteiger partial charge in [-0.2, -0.15) is 0 Å². The highest BCUT2D eigenvalue weighted by molar-refractivity contribution is 5.69. The van der Waals surface area contributed by atoms with Gasteiger partial charge in [-0.3, -0.25) is 9.59 Å². The molecule has 3 heteroatoms. The summed E-state index contributed by atoms with van der Waals surface area (Å²) in [7, 11) is 1.36. The molecule has 62 valence electrons. The molecule has 0 aromatic heterocycles. The van der Waals surface area contributed by atoms with E-state index in [2.05, 4.69) is 4.74 Å². The van der Waals surface area contributed by atoms with Crippen LogP contribution in [0.3, 0.4) is 0 Å². The van der Waals surface area contributed by atoms with Crippen LogP contribution < -0.4 is 0 Å². The summed E-state index contributed by atoms with van der Waals surface area (Å²) in [5, 5.41) is 0. The molecule has 0 heterocycles. The molecule has 0 radical (unpaired) electrons. The van der Waals surface area contributed by atoms with Gasteiger partial charge in [-0.25, -0.2) is 0 Å². The number of hydrogen-bond donors (Lipinski definition) is 0. The van der Waals surface area contributed by atoms with E-state index < -0.39 is 0 Å². The van der Waals surface area contributed by atoms with Crippen LogP contribution in [-0.2, 0) is 14.3 Å². The summed E-state index contributed by atoms with van der Waals surface area (Å²) in [6, 6.07) is 0. The zero-order valence-corrected chi connectivity index (χ0v) is 6.58. The second-order valence-electron chi connectivity index (χ2n) is 2.03. The maximum absolute atomic E-state index is 10.5. The molecule has 3 nitrogen and oxygen atoms in total. The van der Waals surface area contributed by atoms with Crippen molar-refractivity contribution in [1.82, 2.24) is 0 Å². The average molecular weight is 156 g/mol. The van der Waals surface area contributed by atoms with Crippen LogP contribution in [0, 0.1) is 0 Å². The third-order valence-corrected chi connectivity index (χ3v) is 1.19. The van der Waals surface area contributed by atoms with E-state index in [1.807, 2.05) is 0 Å². The summed E-state index contributed by atoms with van der Waals surface area (Å²) in [4.78, 5) is 20.3. The Hall–Kier alpha value is -1.12. The third kappa shape index (κ3) is 6.77. The van der Waals surface area contributed by atoms with Crippen LogP contribution in [0.25, 0.3) is 0 Å². The second-order valence-corrected chi connectivity index (χ2v) is 2.03. The number of unbranched alkanes of at least 4 members (excludes halogenated alkanes) is 1. The van der Waals surface area contributed by atoms with E-state index in [1.54, 1.807) is 6.08 Å². The molecule has 0 saturated carbocycles. The Bertz CT molecular complexity index is 149. The number of carbonyl (C=O) groups excluding carboxylic acids is 2. The van der Waals surface area contributed by atoms with Gasteiger partial charge in [0.15, 0.2) is 0 Å². The minimum Gasteiger partial charge on any atom is -0.469 e. The first kappa shape index (κ1) is 9.88. The molecule has 0 aromatic carbocycles. The smallest absolute Gasteiger partial charge is 0.305 e. The lowest BCUT2D eigenvalue weighted by Gasteiger charge is -1.94. The highest BCUT2D eigenvalue weighted by Gasteiger charge is 1.96. The summed E-state index contributed by atoms with van der Waals surface area (Å²) in [5.74, 6) is -0.204. The summed E-state index contributed by atoms with van der Waals surface area (Å²) in [5.41, 5.74) is 0. The molecule has 0 fully saturated rings. The Morgan fingerprint density at radius 2 is 2.27 bits per heavy atom. The molecule has 0 unspecified atom stereocenters. The quantitative estimate of drug-likeness (QED) is 0.259. The third-order valence-electron chi connectivity index (χ3n) is 1.19. The van der Waals surface area contributed by atoms with Crippen molar-refractivity contribution in [3.8, 4) is 0 Å². The molecule has 0 aliphatic heterocycles. The molecule has 11 heavy (non-hydrogen) atoms. The maximum atomic E-state index is 10.5. The lowest BCUT2D eigenvalue weighted by Crippen LogP contribution is -1.98. The van der Waals surface area contributed by atoms with Crippen molar-refractivity contribution in [2.45, 2.75) is 19.3 Å². The molecule has 0 amide bonds. The number of hydrogen-bond acceptors (Lipinski definition) is 3. The number of rotatable bonds is 5. The van der Waals surface area contributed by atoms with Gasteiger partial charge in [0.2, 0.25) is 0 Å². The topological polar surface area (TPSA) is 43.4 Å². The lowest BCUT2D eigenvalue weighted by atomic mass is 10.2.